The van der Waals surface area contributed by atoms with Gasteiger partial charge in [-0.05, 0) is 61.4 Å². The van der Waals surface area contributed by atoms with Crippen LogP contribution in [-0.2, 0) is 11.2 Å². The summed E-state index contributed by atoms with van der Waals surface area (Å²) in [5.41, 5.74) is 3.86. The summed E-state index contributed by atoms with van der Waals surface area (Å²) < 4.78 is 13.5. The van der Waals surface area contributed by atoms with Crippen molar-refractivity contribution in [2.75, 3.05) is 18.4 Å². The Kier molecular flexibility index (Phi) is 6.28. The van der Waals surface area contributed by atoms with Crippen LogP contribution in [0.15, 0.2) is 60.1 Å². The number of likely N-dealkylation sites (tertiary alicyclic amines) is 1. The molecule has 1 unspecified atom stereocenters. The van der Waals surface area contributed by atoms with Crippen molar-refractivity contribution in [3.05, 3.63) is 76.2 Å². The molecule has 2 amide bonds. The first-order chi connectivity index (χ1) is 17.9. The Morgan fingerprint density at radius 1 is 1.22 bits per heavy atom. The molecule has 3 heterocycles. The number of halogens is 1. The number of anilines is 1. The highest BCUT2D eigenvalue weighted by Gasteiger charge is 2.51. The van der Waals surface area contributed by atoms with Crippen LogP contribution in [0.1, 0.15) is 46.5 Å². The number of alkyl halides is 1. The van der Waals surface area contributed by atoms with E-state index < -0.39 is 11.6 Å². The number of nitrogens with zero attached hydrogens (tertiary/aromatic N) is 3. The Labute approximate surface area is 222 Å². The average Bonchev–Trinajstić information content (AvgIpc) is 3.70. The van der Waals surface area contributed by atoms with E-state index in [2.05, 4.69) is 52.8 Å². The maximum absolute atomic E-state index is 13.6. The molecule has 0 bridgehead atoms. The van der Waals surface area contributed by atoms with Gasteiger partial charge >= 0.3 is 0 Å². The molecule has 190 valence electrons. The van der Waals surface area contributed by atoms with Gasteiger partial charge in [0, 0.05) is 27.8 Å². The van der Waals surface area contributed by atoms with Crippen molar-refractivity contribution >= 4 is 39.6 Å². The molecule has 0 spiro atoms. The van der Waals surface area contributed by atoms with Crippen LogP contribution in [-0.4, -0.2) is 46.2 Å². The zero-order chi connectivity index (χ0) is 25.6. The zero-order valence-electron chi connectivity index (χ0n) is 20.4. The number of hydrogen-bond donors (Lipinski definition) is 1. The van der Waals surface area contributed by atoms with Crippen LogP contribution >= 0.6 is 22.7 Å². The summed E-state index contributed by atoms with van der Waals surface area (Å²) in [6.07, 6.45) is 9.55. The van der Waals surface area contributed by atoms with Crippen LogP contribution in [0.25, 0.3) is 10.4 Å². The molecule has 37 heavy (non-hydrogen) atoms. The SMILES string of the molecule is C[C@]1(C(=O)Nc2nncs2)Cc2sc(-c3ccc(C(=O)N4CC[C@@H](F)C4)cc3)cc2[C@H]1C1C=CC=CC1. The summed E-state index contributed by atoms with van der Waals surface area (Å²) in [5.74, 6) is 0.113. The fourth-order valence-electron chi connectivity index (χ4n) is 5.87. The van der Waals surface area contributed by atoms with E-state index in [-0.39, 0.29) is 30.2 Å². The first-order valence-corrected chi connectivity index (χ1v) is 14.2. The van der Waals surface area contributed by atoms with E-state index in [1.165, 1.54) is 21.8 Å². The van der Waals surface area contributed by atoms with E-state index in [1.807, 2.05) is 24.3 Å². The standard InChI is InChI=1S/C28H27FN4O2S2/c1-28(26(35)31-27-32-30-16-36-27)14-23-21(24(28)18-5-3-2-4-6-18)13-22(37-23)17-7-9-19(10-8-17)25(34)33-12-11-20(29)15-33/h2-5,7-10,13,16,18,20,24H,6,11-12,14-15H2,1H3,(H,31,32,35)/t18?,20-,24-,28+/m1/s1. The van der Waals surface area contributed by atoms with Crippen molar-refractivity contribution in [2.45, 2.75) is 38.3 Å². The van der Waals surface area contributed by atoms with Crippen molar-refractivity contribution in [1.29, 1.82) is 0 Å². The maximum Gasteiger partial charge on any atom is 0.253 e. The summed E-state index contributed by atoms with van der Waals surface area (Å²) in [7, 11) is 0. The zero-order valence-corrected chi connectivity index (χ0v) is 22.0. The molecule has 6 nitrogen and oxygen atoms in total. The number of allylic oxidation sites excluding steroid dienone is 4. The third-order valence-corrected chi connectivity index (χ3v) is 9.57. The number of fused-ring (bicyclic) bond motifs is 1. The second kappa shape index (κ2) is 9.61. The topological polar surface area (TPSA) is 75.2 Å². The molecule has 0 saturated carbocycles. The number of benzene rings is 1. The Balaban J connectivity index is 1.27. The minimum atomic E-state index is -0.926. The van der Waals surface area contributed by atoms with E-state index >= 15 is 0 Å². The van der Waals surface area contributed by atoms with Crippen molar-refractivity contribution in [2.24, 2.45) is 11.3 Å². The van der Waals surface area contributed by atoms with Gasteiger partial charge in [-0.2, -0.15) is 0 Å². The summed E-state index contributed by atoms with van der Waals surface area (Å²) in [5, 5.41) is 11.4. The van der Waals surface area contributed by atoms with Crippen LogP contribution in [0, 0.1) is 11.3 Å². The minimum Gasteiger partial charge on any atom is -0.336 e. The number of rotatable bonds is 5. The summed E-state index contributed by atoms with van der Waals surface area (Å²) in [6, 6.07) is 9.83. The van der Waals surface area contributed by atoms with Gasteiger partial charge in [0.05, 0.1) is 12.0 Å². The first kappa shape index (κ1) is 24.2. The second-order valence-corrected chi connectivity index (χ2v) is 12.2. The predicted octanol–water partition coefficient (Wildman–Crippen LogP) is 5.87. The van der Waals surface area contributed by atoms with Gasteiger partial charge < -0.3 is 10.2 Å². The molecule has 1 fully saturated rings. The van der Waals surface area contributed by atoms with Gasteiger partial charge in [-0.3, -0.25) is 9.59 Å². The highest BCUT2D eigenvalue weighted by atomic mass is 32.1. The first-order valence-electron chi connectivity index (χ1n) is 12.5. The molecule has 2 aromatic heterocycles. The van der Waals surface area contributed by atoms with E-state index in [0.717, 1.165) is 16.9 Å². The number of amides is 2. The number of hydrogen-bond acceptors (Lipinski definition) is 6. The fraction of sp³-hybridized carbons (Fsp3) is 0.357. The highest BCUT2D eigenvalue weighted by Crippen LogP contribution is 2.56. The van der Waals surface area contributed by atoms with Gasteiger partial charge in [0.2, 0.25) is 11.0 Å². The predicted molar refractivity (Wildman–Crippen MR) is 145 cm³/mol. The van der Waals surface area contributed by atoms with Gasteiger partial charge in [-0.15, -0.1) is 21.5 Å². The van der Waals surface area contributed by atoms with Gasteiger partial charge in [-0.1, -0.05) is 47.8 Å². The normalized spacial score (nSPS) is 26.4. The molecule has 2 aliphatic carbocycles. The highest BCUT2D eigenvalue weighted by molar-refractivity contribution is 7.15. The number of carbonyl (C=O) groups excluding carboxylic acids is 2. The fourth-order valence-corrected chi connectivity index (χ4v) is 7.69. The van der Waals surface area contributed by atoms with Crippen LogP contribution in [0.2, 0.25) is 0 Å². The van der Waals surface area contributed by atoms with E-state index in [1.54, 1.807) is 21.7 Å². The van der Waals surface area contributed by atoms with Crippen molar-refractivity contribution in [3.8, 4) is 10.4 Å². The lowest BCUT2D eigenvalue weighted by molar-refractivity contribution is -0.126. The average molecular weight is 535 g/mol. The van der Waals surface area contributed by atoms with E-state index in [9.17, 15) is 14.0 Å². The Bertz CT molecular complexity index is 1380. The van der Waals surface area contributed by atoms with Gasteiger partial charge in [0.15, 0.2) is 0 Å². The van der Waals surface area contributed by atoms with Gasteiger partial charge in [0.25, 0.3) is 5.91 Å². The van der Waals surface area contributed by atoms with Crippen LogP contribution in [0.5, 0.6) is 0 Å². The largest absolute Gasteiger partial charge is 0.336 e. The number of thiophene rings is 1. The minimum absolute atomic E-state index is 0.0255. The molecule has 1 aromatic carbocycles. The molecule has 6 rings (SSSR count). The lowest BCUT2D eigenvalue weighted by atomic mass is 9.68. The number of nitrogens with one attached hydrogen (secondary N) is 1. The third kappa shape index (κ3) is 4.44. The van der Waals surface area contributed by atoms with Crippen LogP contribution < -0.4 is 5.32 Å². The van der Waals surface area contributed by atoms with Crippen LogP contribution in [0.4, 0.5) is 9.52 Å². The Hall–Kier alpha value is -3.17. The van der Waals surface area contributed by atoms with Gasteiger partial charge in [-0.25, -0.2) is 4.39 Å². The summed E-state index contributed by atoms with van der Waals surface area (Å²) in [6.45, 7) is 2.71. The molecule has 0 radical (unpaired) electrons. The Morgan fingerprint density at radius 2 is 2.05 bits per heavy atom. The molecular weight excluding hydrogens is 507 g/mol. The molecule has 1 aliphatic heterocycles. The maximum atomic E-state index is 13.6. The van der Waals surface area contributed by atoms with Gasteiger partial charge in [0.1, 0.15) is 11.7 Å². The summed E-state index contributed by atoms with van der Waals surface area (Å²) in [4.78, 5) is 30.2. The summed E-state index contributed by atoms with van der Waals surface area (Å²) >= 11 is 3.04. The lowest BCUT2D eigenvalue weighted by Crippen LogP contribution is -2.39. The third-order valence-electron chi connectivity index (χ3n) is 7.77. The van der Waals surface area contributed by atoms with Crippen molar-refractivity contribution in [1.82, 2.24) is 15.1 Å². The Morgan fingerprint density at radius 3 is 2.73 bits per heavy atom. The monoisotopic (exact) mass is 534 g/mol. The van der Waals surface area contributed by atoms with E-state index in [0.29, 0.717) is 30.1 Å². The smallest absolute Gasteiger partial charge is 0.253 e. The quantitative estimate of drug-likeness (QED) is 0.444. The number of carbonyl (C=O) groups is 2. The van der Waals surface area contributed by atoms with Crippen molar-refractivity contribution in [3.63, 3.8) is 0 Å². The second-order valence-electron chi connectivity index (χ2n) is 10.2. The molecule has 9 heteroatoms. The number of aromatic nitrogens is 2. The van der Waals surface area contributed by atoms with Crippen molar-refractivity contribution < 1.29 is 14.0 Å². The van der Waals surface area contributed by atoms with E-state index in [4.69, 9.17) is 0 Å². The van der Waals surface area contributed by atoms with Crippen LogP contribution in [0.3, 0.4) is 0 Å². The molecular formula is C28H27FN4O2S2. The molecule has 1 N–H and O–H groups in total. The lowest BCUT2D eigenvalue weighted by Gasteiger charge is -2.35. The molecule has 3 aliphatic rings. The molecule has 3 aromatic rings. The molecule has 4 atom stereocenters. The molecule has 1 saturated heterocycles.